The van der Waals surface area contributed by atoms with Crippen LogP contribution in [0.25, 0.3) is 0 Å². The molecule has 4 rings (SSSR count). The Bertz CT molecular complexity index is 949. The van der Waals surface area contributed by atoms with Crippen LogP contribution in [0.1, 0.15) is 42.5 Å². The highest BCUT2D eigenvalue weighted by atomic mass is 35.5. The SMILES string of the molecule is C[C@H](NCC(=O)N1N=C(c2ccc(Cl)cc2)C[C@H]1c1ccco1)c1ccco1. The van der Waals surface area contributed by atoms with Gasteiger partial charge in [-0.3, -0.25) is 10.1 Å². The zero-order chi connectivity index (χ0) is 19.5. The van der Waals surface area contributed by atoms with Gasteiger partial charge >= 0.3 is 0 Å². The third-order valence-corrected chi connectivity index (χ3v) is 5.00. The van der Waals surface area contributed by atoms with E-state index in [0.29, 0.717) is 17.2 Å². The topological polar surface area (TPSA) is 71.0 Å². The molecule has 0 spiro atoms. The Hall–Kier alpha value is -2.83. The van der Waals surface area contributed by atoms with E-state index in [4.69, 9.17) is 20.4 Å². The second-order valence-corrected chi connectivity index (χ2v) is 7.08. The number of nitrogens with zero attached hydrogens (tertiary/aromatic N) is 2. The second kappa shape index (κ2) is 8.04. The summed E-state index contributed by atoms with van der Waals surface area (Å²) < 4.78 is 10.9. The number of hydrogen-bond donors (Lipinski definition) is 1. The standard InChI is InChI=1S/C21H20ClN3O3/c1-14(19-4-2-10-27-19)23-13-21(26)25-18(20-5-3-11-28-20)12-17(24-25)15-6-8-16(22)9-7-15/h2-11,14,18,23H,12-13H2,1H3/t14-,18-/m0/s1. The first-order valence-corrected chi connectivity index (χ1v) is 9.45. The first kappa shape index (κ1) is 18.5. The summed E-state index contributed by atoms with van der Waals surface area (Å²) in [4.78, 5) is 12.9. The molecule has 1 amide bonds. The highest BCUT2D eigenvalue weighted by Gasteiger charge is 2.34. The van der Waals surface area contributed by atoms with E-state index in [1.165, 1.54) is 5.01 Å². The molecule has 0 saturated heterocycles. The van der Waals surface area contributed by atoms with Crippen LogP contribution in [0.3, 0.4) is 0 Å². The smallest absolute Gasteiger partial charge is 0.257 e. The van der Waals surface area contributed by atoms with Crippen LogP contribution in [-0.2, 0) is 4.79 Å². The fraction of sp³-hybridized carbons (Fsp3) is 0.238. The molecule has 144 valence electrons. The van der Waals surface area contributed by atoms with E-state index in [0.717, 1.165) is 17.0 Å². The maximum absolute atomic E-state index is 12.9. The molecule has 1 N–H and O–H groups in total. The van der Waals surface area contributed by atoms with Gasteiger partial charge in [0.1, 0.15) is 17.6 Å². The molecule has 28 heavy (non-hydrogen) atoms. The lowest BCUT2D eigenvalue weighted by atomic mass is 10.0. The van der Waals surface area contributed by atoms with Crippen LogP contribution in [0.15, 0.2) is 75.0 Å². The van der Waals surface area contributed by atoms with Gasteiger partial charge < -0.3 is 8.83 Å². The third kappa shape index (κ3) is 3.88. The molecule has 2 atom stereocenters. The number of hydrogen-bond acceptors (Lipinski definition) is 5. The monoisotopic (exact) mass is 397 g/mol. The number of carbonyl (C=O) groups is 1. The van der Waals surface area contributed by atoms with Crippen LogP contribution in [0.2, 0.25) is 5.02 Å². The minimum absolute atomic E-state index is 0.0802. The maximum atomic E-state index is 12.9. The normalized spacial score (nSPS) is 17.6. The highest BCUT2D eigenvalue weighted by Crippen LogP contribution is 2.33. The van der Waals surface area contributed by atoms with E-state index in [1.807, 2.05) is 55.5 Å². The molecule has 1 aliphatic rings. The fourth-order valence-electron chi connectivity index (χ4n) is 3.22. The summed E-state index contributed by atoms with van der Waals surface area (Å²) in [6, 6.07) is 14.5. The van der Waals surface area contributed by atoms with Crippen LogP contribution < -0.4 is 5.32 Å². The molecular weight excluding hydrogens is 378 g/mol. The summed E-state index contributed by atoms with van der Waals surface area (Å²) in [5.41, 5.74) is 1.76. The second-order valence-electron chi connectivity index (χ2n) is 6.65. The van der Waals surface area contributed by atoms with E-state index in [9.17, 15) is 4.79 Å². The van der Waals surface area contributed by atoms with Crippen molar-refractivity contribution in [1.82, 2.24) is 10.3 Å². The molecule has 3 aromatic rings. The predicted octanol–water partition coefficient (Wildman–Crippen LogP) is 4.55. The van der Waals surface area contributed by atoms with Gasteiger partial charge in [0.15, 0.2) is 0 Å². The number of carbonyl (C=O) groups excluding carboxylic acids is 1. The molecular formula is C21H20ClN3O3. The van der Waals surface area contributed by atoms with Gasteiger partial charge in [-0.05, 0) is 48.9 Å². The average molecular weight is 398 g/mol. The lowest BCUT2D eigenvalue weighted by Gasteiger charge is -2.21. The van der Waals surface area contributed by atoms with Crippen molar-refractivity contribution in [2.75, 3.05) is 6.54 Å². The van der Waals surface area contributed by atoms with Gasteiger partial charge in [-0.2, -0.15) is 5.10 Å². The molecule has 0 saturated carbocycles. The van der Waals surface area contributed by atoms with E-state index in [-0.39, 0.29) is 24.5 Å². The van der Waals surface area contributed by atoms with Crippen LogP contribution in [-0.4, -0.2) is 23.2 Å². The Kier molecular flexibility index (Phi) is 5.32. The molecule has 1 aliphatic heterocycles. The lowest BCUT2D eigenvalue weighted by molar-refractivity contribution is -0.132. The fourth-order valence-corrected chi connectivity index (χ4v) is 3.35. The van der Waals surface area contributed by atoms with Gasteiger partial charge in [0, 0.05) is 11.4 Å². The van der Waals surface area contributed by atoms with Crippen molar-refractivity contribution in [2.24, 2.45) is 5.10 Å². The molecule has 0 radical (unpaired) electrons. The van der Waals surface area contributed by atoms with Crippen molar-refractivity contribution in [3.8, 4) is 0 Å². The Balaban J connectivity index is 1.52. The Morgan fingerprint density at radius 2 is 1.96 bits per heavy atom. The molecule has 0 unspecified atom stereocenters. The summed E-state index contributed by atoms with van der Waals surface area (Å²) in [5.74, 6) is 1.35. The van der Waals surface area contributed by atoms with Crippen molar-refractivity contribution in [1.29, 1.82) is 0 Å². The Labute approximate surface area is 167 Å². The number of nitrogens with one attached hydrogen (secondary N) is 1. The number of hydrazone groups is 1. The summed E-state index contributed by atoms with van der Waals surface area (Å²) >= 11 is 5.99. The van der Waals surface area contributed by atoms with Crippen LogP contribution in [0, 0.1) is 0 Å². The number of rotatable bonds is 6. The predicted molar refractivity (Wildman–Crippen MR) is 106 cm³/mol. The summed E-state index contributed by atoms with van der Waals surface area (Å²) in [6.45, 7) is 2.08. The summed E-state index contributed by atoms with van der Waals surface area (Å²) in [5, 5.41) is 9.95. The van der Waals surface area contributed by atoms with Gasteiger partial charge in [-0.1, -0.05) is 23.7 Å². The van der Waals surface area contributed by atoms with Crippen molar-refractivity contribution in [2.45, 2.75) is 25.4 Å². The van der Waals surface area contributed by atoms with Crippen molar-refractivity contribution in [3.63, 3.8) is 0 Å². The number of benzene rings is 1. The minimum atomic E-state index is -0.270. The molecule has 0 aliphatic carbocycles. The molecule has 2 aromatic heterocycles. The molecule has 3 heterocycles. The van der Waals surface area contributed by atoms with E-state index >= 15 is 0 Å². The van der Waals surface area contributed by atoms with E-state index < -0.39 is 0 Å². The zero-order valence-corrected chi connectivity index (χ0v) is 16.1. The minimum Gasteiger partial charge on any atom is -0.468 e. The van der Waals surface area contributed by atoms with Gasteiger partial charge in [0.05, 0.1) is 30.8 Å². The van der Waals surface area contributed by atoms with Gasteiger partial charge in [0.25, 0.3) is 5.91 Å². The average Bonchev–Trinajstić information content (AvgIpc) is 3.47. The Morgan fingerprint density at radius 1 is 1.21 bits per heavy atom. The van der Waals surface area contributed by atoms with Crippen molar-refractivity contribution < 1.29 is 13.6 Å². The summed E-state index contributed by atoms with van der Waals surface area (Å²) in [6.07, 6.45) is 3.80. The van der Waals surface area contributed by atoms with Crippen LogP contribution in [0.5, 0.6) is 0 Å². The molecule has 0 fully saturated rings. The van der Waals surface area contributed by atoms with Gasteiger partial charge in [-0.15, -0.1) is 0 Å². The highest BCUT2D eigenvalue weighted by molar-refractivity contribution is 6.30. The number of furan rings is 2. The quantitative estimate of drug-likeness (QED) is 0.662. The van der Waals surface area contributed by atoms with Crippen LogP contribution >= 0.6 is 11.6 Å². The molecule has 1 aromatic carbocycles. The summed E-state index contributed by atoms with van der Waals surface area (Å²) in [7, 11) is 0. The van der Waals surface area contributed by atoms with Crippen molar-refractivity contribution in [3.05, 3.63) is 83.2 Å². The zero-order valence-electron chi connectivity index (χ0n) is 15.3. The van der Waals surface area contributed by atoms with Crippen molar-refractivity contribution >= 4 is 23.2 Å². The number of amides is 1. The maximum Gasteiger partial charge on any atom is 0.257 e. The van der Waals surface area contributed by atoms with Crippen LogP contribution in [0.4, 0.5) is 0 Å². The molecule has 7 heteroatoms. The first-order chi connectivity index (χ1) is 13.6. The third-order valence-electron chi connectivity index (χ3n) is 4.74. The van der Waals surface area contributed by atoms with E-state index in [2.05, 4.69) is 10.4 Å². The molecule has 6 nitrogen and oxygen atoms in total. The molecule has 0 bridgehead atoms. The lowest BCUT2D eigenvalue weighted by Crippen LogP contribution is -2.36. The first-order valence-electron chi connectivity index (χ1n) is 9.07. The number of halogens is 1. The Morgan fingerprint density at radius 3 is 2.64 bits per heavy atom. The van der Waals surface area contributed by atoms with Gasteiger partial charge in [0.2, 0.25) is 0 Å². The van der Waals surface area contributed by atoms with E-state index in [1.54, 1.807) is 12.5 Å². The van der Waals surface area contributed by atoms with Gasteiger partial charge in [-0.25, -0.2) is 5.01 Å². The largest absolute Gasteiger partial charge is 0.468 e.